The predicted octanol–water partition coefficient (Wildman–Crippen LogP) is 1.59. The summed E-state index contributed by atoms with van der Waals surface area (Å²) >= 11 is 0. The van der Waals surface area contributed by atoms with Crippen LogP contribution in [0.25, 0.3) is 11.4 Å². The molecular formula is C16H13N5O2. The van der Waals surface area contributed by atoms with Gasteiger partial charge < -0.3 is 4.74 Å². The van der Waals surface area contributed by atoms with Crippen LogP contribution in [0.4, 0.5) is 0 Å². The number of hydrogen-bond acceptors (Lipinski definition) is 6. The molecule has 2 aromatic heterocycles. The molecular weight excluding hydrogens is 294 g/mol. The second-order valence-corrected chi connectivity index (χ2v) is 4.57. The van der Waals surface area contributed by atoms with Crippen molar-refractivity contribution in [3.63, 3.8) is 0 Å². The fraction of sp³-hybridized carbons (Fsp3) is 0.0625. The van der Waals surface area contributed by atoms with Gasteiger partial charge in [-0.05, 0) is 42.0 Å². The first-order chi connectivity index (χ1) is 11.3. The Morgan fingerprint density at radius 3 is 2.57 bits per heavy atom. The lowest BCUT2D eigenvalue weighted by atomic mass is 10.2. The minimum absolute atomic E-state index is 0.352. The Morgan fingerprint density at radius 1 is 1.13 bits per heavy atom. The standard InChI is InChI=1S/C16H13N5O2/c1-23-14-4-2-12(3-5-14)10-19-21-15(22)11-18-20-16(21)13-6-8-17-9-7-13/h2-11H,1H3. The van der Waals surface area contributed by atoms with Crippen molar-refractivity contribution in [1.29, 1.82) is 0 Å². The normalized spacial score (nSPS) is 10.8. The van der Waals surface area contributed by atoms with Crippen LogP contribution in [0.3, 0.4) is 0 Å². The van der Waals surface area contributed by atoms with Gasteiger partial charge in [0.05, 0.1) is 13.3 Å². The number of nitrogens with zero attached hydrogens (tertiary/aromatic N) is 5. The fourth-order valence-electron chi connectivity index (χ4n) is 1.94. The molecule has 23 heavy (non-hydrogen) atoms. The van der Waals surface area contributed by atoms with Crippen LogP contribution in [0.5, 0.6) is 5.75 Å². The van der Waals surface area contributed by atoms with E-state index in [2.05, 4.69) is 20.3 Å². The molecule has 0 amide bonds. The van der Waals surface area contributed by atoms with Crippen LogP contribution >= 0.6 is 0 Å². The predicted molar refractivity (Wildman–Crippen MR) is 85.5 cm³/mol. The maximum absolute atomic E-state index is 12.0. The Kier molecular flexibility index (Phi) is 4.19. The third-order valence-electron chi connectivity index (χ3n) is 3.11. The summed E-state index contributed by atoms with van der Waals surface area (Å²) in [6.45, 7) is 0. The van der Waals surface area contributed by atoms with E-state index in [4.69, 9.17) is 4.74 Å². The van der Waals surface area contributed by atoms with Gasteiger partial charge in [-0.3, -0.25) is 9.78 Å². The molecule has 0 radical (unpaired) electrons. The maximum atomic E-state index is 12.0. The Hall–Kier alpha value is -3.35. The summed E-state index contributed by atoms with van der Waals surface area (Å²) < 4.78 is 6.31. The van der Waals surface area contributed by atoms with E-state index in [1.54, 1.807) is 37.9 Å². The maximum Gasteiger partial charge on any atom is 0.293 e. The summed E-state index contributed by atoms with van der Waals surface area (Å²) in [7, 11) is 1.60. The molecule has 0 aliphatic rings. The van der Waals surface area contributed by atoms with Gasteiger partial charge >= 0.3 is 0 Å². The second-order valence-electron chi connectivity index (χ2n) is 4.57. The van der Waals surface area contributed by atoms with Crippen molar-refractivity contribution in [3.05, 3.63) is 70.9 Å². The summed E-state index contributed by atoms with van der Waals surface area (Å²) in [5.41, 5.74) is 1.17. The van der Waals surface area contributed by atoms with E-state index in [0.29, 0.717) is 11.4 Å². The monoisotopic (exact) mass is 307 g/mol. The summed E-state index contributed by atoms with van der Waals surface area (Å²) in [6.07, 6.45) is 5.93. The molecule has 0 N–H and O–H groups in total. The van der Waals surface area contributed by atoms with Gasteiger partial charge in [-0.1, -0.05) is 0 Å². The van der Waals surface area contributed by atoms with Gasteiger partial charge in [-0.15, -0.1) is 5.10 Å². The number of hydrogen-bond donors (Lipinski definition) is 0. The number of pyridine rings is 1. The zero-order valence-electron chi connectivity index (χ0n) is 12.3. The van der Waals surface area contributed by atoms with Crippen LogP contribution in [-0.4, -0.2) is 33.2 Å². The van der Waals surface area contributed by atoms with Gasteiger partial charge in [0.15, 0.2) is 5.82 Å². The molecule has 0 aliphatic heterocycles. The lowest BCUT2D eigenvalue weighted by Crippen LogP contribution is -2.20. The van der Waals surface area contributed by atoms with Gasteiger partial charge in [0.2, 0.25) is 0 Å². The van der Waals surface area contributed by atoms with Crippen molar-refractivity contribution < 1.29 is 4.74 Å². The van der Waals surface area contributed by atoms with Crippen molar-refractivity contribution in [2.45, 2.75) is 0 Å². The first-order valence-electron chi connectivity index (χ1n) is 6.81. The molecule has 114 valence electrons. The average Bonchev–Trinajstić information content (AvgIpc) is 2.62. The second kappa shape index (κ2) is 6.61. The number of methoxy groups -OCH3 is 1. The Morgan fingerprint density at radius 2 is 1.87 bits per heavy atom. The lowest BCUT2D eigenvalue weighted by molar-refractivity contribution is 0.415. The van der Waals surface area contributed by atoms with Gasteiger partial charge in [0.25, 0.3) is 5.56 Å². The highest BCUT2D eigenvalue weighted by atomic mass is 16.5. The smallest absolute Gasteiger partial charge is 0.293 e. The highest BCUT2D eigenvalue weighted by molar-refractivity contribution is 5.79. The molecule has 3 rings (SSSR count). The van der Waals surface area contributed by atoms with Gasteiger partial charge in [0.1, 0.15) is 11.9 Å². The minimum atomic E-state index is -0.364. The van der Waals surface area contributed by atoms with Crippen LogP contribution in [0, 0.1) is 0 Å². The highest BCUT2D eigenvalue weighted by Gasteiger charge is 2.07. The summed E-state index contributed by atoms with van der Waals surface area (Å²) in [6, 6.07) is 10.8. The number of rotatable bonds is 4. The lowest BCUT2D eigenvalue weighted by Gasteiger charge is -2.05. The zero-order chi connectivity index (χ0) is 16.1. The highest BCUT2D eigenvalue weighted by Crippen LogP contribution is 2.13. The first kappa shape index (κ1) is 14.6. The van der Waals surface area contributed by atoms with Crippen molar-refractivity contribution in [1.82, 2.24) is 19.9 Å². The fourth-order valence-corrected chi connectivity index (χ4v) is 1.94. The van der Waals surface area contributed by atoms with E-state index >= 15 is 0 Å². The first-order valence-corrected chi connectivity index (χ1v) is 6.81. The van der Waals surface area contributed by atoms with Crippen LogP contribution in [0.2, 0.25) is 0 Å². The molecule has 0 saturated heterocycles. The number of ether oxygens (including phenoxy) is 1. The molecule has 0 spiro atoms. The molecule has 0 unspecified atom stereocenters. The molecule has 0 fully saturated rings. The molecule has 7 nitrogen and oxygen atoms in total. The third kappa shape index (κ3) is 3.29. The molecule has 0 aliphatic carbocycles. The zero-order valence-corrected chi connectivity index (χ0v) is 12.3. The van der Waals surface area contributed by atoms with E-state index in [9.17, 15) is 4.79 Å². The van der Waals surface area contributed by atoms with Crippen LogP contribution in [-0.2, 0) is 0 Å². The minimum Gasteiger partial charge on any atom is -0.497 e. The van der Waals surface area contributed by atoms with Crippen molar-refractivity contribution >= 4 is 6.21 Å². The molecule has 3 aromatic rings. The van der Waals surface area contributed by atoms with Gasteiger partial charge in [-0.2, -0.15) is 14.9 Å². The SMILES string of the molecule is COc1ccc(C=Nn2c(-c3ccncc3)nncc2=O)cc1. The number of benzene rings is 1. The van der Waals surface area contributed by atoms with Crippen molar-refractivity contribution in [2.75, 3.05) is 7.11 Å². The summed E-state index contributed by atoms with van der Waals surface area (Å²) in [5.74, 6) is 1.10. The quantitative estimate of drug-likeness (QED) is 0.684. The van der Waals surface area contributed by atoms with Crippen molar-refractivity contribution in [2.24, 2.45) is 5.10 Å². The summed E-state index contributed by atoms with van der Waals surface area (Å²) in [4.78, 5) is 16.0. The van der Waals surface area contributed by atoms with Crippen LogP contribution in [0.1, 0.15) is 5.56 Å². The molecule has 7 heteroatoms. The van der Waals surface area contributed by atoms with Crippen LogP contribution < -0.4 is 10.3 Å². The third-order valence-corrected chi connectivity index (χ3v) is 3.11. The van der Waals surface area contributed by atoms with Gasteiger partial charge in [0, 0.05) is 18.0 Å². The van der Waals surface area contributed by atoms with E-state index in [1.165, 1.54) is 4.68 Å². The Labute approximate surface area is 131 Å². The Bertz CT molecular complexity index is 873. The topological polar surface area (TPSA) is 82.3 Å². The molecule has 1 aromatic carbocycles. The Balaban J connectivity index is 1.99. The average molecular weight is 307 g/mol. The van der Waals surface area contributed by atoms with E-state index < -0.39 is 0 Å². The molecule has 0 atom stereocenters. The largest absolute Gasteiger partial charge is 0.497 e. The van der Waals surface area contributed by atoms with Crippen molar-refractivity contribution in [3.8, 4) is 17.1 Å². The van der Waals surface area contributed by atoms with Gasteiger partial charge in [-0.25, -0.2) is 0 Å². The van der Waals surface area contributed by atoms with E-state index in [1.807, 2.05) is 24.3 Å². The molecule has 2 heterocycles. The van der Waals surface area contributed by atoms with E-state index in [-0.39, 0.29) is 5.56 Å². The van der Waals surface area contributed by atoms with Crippen LogP contribution in [0.15, 0.2) is 64.9 Å². The molecule has 0 saturated carbocycles. The summed E-state index contributed by atoms with van der Waals surface area (Å²) in [5, 5.41) is 11.9. The van der Waals surface area contributed by atoms with E-state index in [0.717, 1.165) is 17.5 Å². The molecule has 0 bridgehead atoms. The number of aromatic nitrogens is 4.